The third-order valence-corrected chi connectivity index (χ3v) is 8.88. The molecule has 3 amide bonds. The van der Waals surface area contributed by atoms with Crippen LogP contribution < -0.4 is 10.2 Å². The smallest absolute Gasteiger partial charge is 0.416 e. The summed E-state index contributed by atoms with van der Waals surface area (Å²) in [5.41, 5.74) is -1.19. The van der Waals surface area contributed by atoms with Gasteiger partial charge in [-0.25, -0.2) is 4.79 Å². The van der Waals surface area contributed by atoms with Crippen molar-refractivity contribution < 1.29 is 37.1 Å². The van der Waals surface area contributed by atoms with Gasteiger partial charge in [0.05, 0.1) is 50.1 Å². The van der Waals surface area contributed by atoms with E-state index in [9.17, 15) is 32.3 Å². The minimum Gasteiger partial charge on any atom is -0.452 e. The van der Waals surface area contributed by atoms with Crippen LogP contribution in [0.1, 0.15) is 22.3 Å². The third kappa shape index (κ3) is 4.52. The summed E-state index contributed by atoms with van der Waals surface area (Å²) in [6, 6.07) is 8.02. The van der Waals surface area contributed by atoms with Gasteiger partial charge in [-0.15, -0.1) is 23.2 Å². The van der Waals surface area contributed by atoms with Crippen molar-refractivity contribution in [2.75, 3.05) is 16.8 Å². The summed E-state index contributed by atoms with van der Waals surface area (Å²) in [4.78, 5) is 52.2. The Morgan fingerprint density at radius 3 is 2.24 bits per heavy atom. The Balaban J connectivity index is 1.25. The molecule has 1 aliphatic heterocycles. The van der Waals surface area contributed by atoms with Crippen LogP contribution in [-0.2, 0) is 25.3 Å². The molecule has 5 rings (SSSR count). The van der Waals surface area contributed by atoms with Gasteiger partial charge in [0.15, 0.2) is 6.61 Å². The SMILES string of the molecule is O=C(COC(=O)c1cccc(N2C(=O)[C@@H]3[C@H]4C[C@@H]([C@@H](Cl)[C@H]4Cl)[C@H]3C2=O)c1)Nc1cc(C(F)(F)F)ccc1Cl. The second-order valence-corrected chi connectivity index (χ2v) is 10.8. The highest BCUT2D eigenvalue weighted by molar-refractivity contribution is 6.34. The van der Waals surface area contributed by atoms with E-state index >= 15 is 0 Å². The summed E-state index contributed by atoms with van der Waals surface area (Å²) < 4.78 is 43.8. The minimum atomic E-state index is -4.64. The first-order valence-electron chi connectivity index (χ1n) is 11.5. The number of ether oxygens (including phenoxy) is 1. The number of carbonyl (C=O) groups is 4. The molecule has 1 heterocycles. The number of esters is 1. The number of benzene rings is 2. The Hall–Kier alpha value is -2.82. The zero-order valence-corrected chi connectivity index (χ0v) is 21.4. The average molecular weight is 590 g/mol. The summed E-state index contributed by atoms with van der Waals surface area (Å²) in [5, 5.41) is 1.23. The van der Waals surface area contributed by atoms with E-state index in [2.05, 4.69) is 5.32 Å². The summed E-state index contributed by atoms with van der Waals surface area (Å²) in [6.45, 7) is -0.820. The molecule has 2 aliphatic carbocycles. The summed E-state index contributed by atoms with van der Waals surface area (Å²) in [6.07, 6.45) is -4.03. The lowest BCUT2D eigenvalue weighted by Gasteiger charge is -2.28. The van der Waals surface area contributed by atoms with Crippen molar-refractivity contribution >= 4 is 69.9 Å². The van der Waals surface area contributed by atoms with Gasteiger partial charge in [0.1, 0.15) is 0 Å². The molecular weight excluding hydrogens is 572 g/mol. The zero-order valence-electron chi connectivity index (χ0n) is 19.2. The fourth-order valence-electron chi connectivity index (χ4n) is 5.57. The lowest BCUT2D eigenvalue weighted by Crippen LogP contribution is -2.37. The average Bonchev–Trinajstić information content (AvgIpc) is 3.48. The topological polar surface area (TPSA) is 92.8 Å². The summed E-state index contributed by atoms with van der Waals surface area (Å²) in [5.74, 6) is -4.19. The highest BCUT2D eigenvalue weighted by atomic mass is 35.5. The number of hydrogen-bond acceptors (Lipinski definition) is 5. The maximum atomic E-state index is 13.2. The van der Waals surface area contributed by atoms with Crippen molar-refractivity contribution in [3.63, 3.8) is 0 Å². The third-order valence-electron chi connectivity index (χ3n) is 7.23. The standard InChI is InChI=1S/C25H18Cl3F3N2O5/c26-15-5-4-11(25(29,30)31)7-16(15)32-17(34)9-38-24(37)10-2-1-3-12(6-10)33-22(35)18-13-8-14(19(18)23(33)36)21(28)20(13)27/h1-7,13-14,18-21H,8-9H2,(H,32,34)/t13-,14-,18-,19-,20-,21+/m1/s1. The first kappa shape index (κ1) is 26.8. The van der Waals surface area contributed by atoms with Crippen molar-refractivity contribution in [3.8, 4) is 0 Å². The van der Waals surface area contributed by atoms with Crippen molar-refractivity contribution in [2.45, 2.75) is 23.4 Å². The van der Waals surface area contributed by atoms with Crippen LogP contribution in [0.3, 0.4) is 0 Å². The Labute approximate surface area is 229 Å². The number of fused-ring (bicyclic) bond motifs is 5. The number of alkyl halides is 5. The van der Waals surface area contributed by atoms with E-state index in [1.165, 1.54) is 24.3 Å². The van der Waals surface area contributed by atoms with E-state index in [1.54, 1.807) is 0 Å². The molecule has 0 spiro atoms. The van der Waals surface area contributed by atoms with Gasteiger partial charge in [0.2, 0.25) is 11.8 Å². The van der Waals surface area contributed by atoms with E-state index < -0.39 is 64.6 Å². The van der Waals surface area contributed by atoms with Gasteiger partial charge < -0.3 is 10.1 Å². The van der Waals surface area contributed by atoms with Crippen LogP contribution in [-0.4, -0.2) is 41.1 Å². The number of amides is 3. The highest BCUT2D eigenvalue weighted by Crippen LogP contribution is 2.59. The number of halogens is 6. The Bertz CT molecular complexity index is 1320. The van der Waals surface area contributed by atoms with Gasteiger partial charge in [-0.05, 0) is 54.7 Å². The molecule has 7 nitrogen and oxygen atoms in total. The monoisotopic (exact) mass is 588 g/mol. The fourth-order valence-corrected chi connectivity index (χ4v) is 6.63. The highest BCUT2D eigenvalue weighted by Gasteiger charge is 2.67. The van der Waals surface area contributed by atoms with Crippen LogP contribution >= 0.6 is 34.8 Å². The van der Waals surface area contributed by atoms with E-state index in [0.717, 1.165) is 17.0 Å². The minimum absolute atomic E-state index is 0.0431. The van der Waals surface area contributed by atoms with Crippen LogP contribution in [0.4, 0.5) is 24.5 Å². The first-order chi connectivity index (χ1) is 17.9. The molecule has 2 aromatic carbocycles. The quantitative estimate of drug-likeness (QED) is 0.297. The van der Waals surface area contributed by atoms with E-state index in [4.69, 9.17) is 39.5 Å². The molecule has 3 aliphatic rings. The number of carbonyl (C=O) groups excluding carboxylic acids is 4. The first-order valence-corrected chi connectivity index (χ1v) is 12.7. The van der Waals surface area contributed by atoms with E-state index in [0.29, 0.717) is 12.5 Å². The largest absolute Gasteiger partial charge is 0.452 e. The maximum Gasteiger partial charge on any atom is 0.416 e. The summed E-state index contributed by atoms with van der Waals surface area (Å²) >= 11 is 18.6. The van der Waals surface area contributed by atoms with Crippen LogP contribution in [0.15, 0.2) is 42.5 Å². The van der Waals surface area contributed by atoms with Crippen LogP contribution in [0.25, 0.3) is 0 Å². The lowest BCUT2D eigenvalue weighted by atomic mass is 9.80. The van der Waals surface area contributed by atoms with Gasteiger partial charge in [0, 0.05) is 0 Å². The van der Waals surface area contributed by atoms with Crippen LogP contribution in [0, 0.1) is 23.7 Å². The van der Waals surface area contributed by atoms with Gasteiger partial charge in [-0.1, -0.05) is 17.7 Å². The zero-order chi connectivity index (χ0) is 27.5. The molecule has 1 N–H and O–H groups in total. The molecule has 2 saturated carbocycles. The second kappa shape index (κ2) is 9.73. The van der Waals surface area contributed by atoms with E-state index in [-0.39, 0.29) is 33.8 Å². The number of rotatable bonds is 5. The van der Waals surface area contributed by atoms with Crippen molar-refractivity contribution in [1.29, 1.82) is 0 Å². The Morgan fingerprint density at radius 2 is 1.63 bits per heavy atom. The predicted octanol–water partition coefficient (Wildman–Crippen LogP) is 5.12. The molecule has 2 aromatic rings. The molecule has 0 radical (unpaired) electrons. The normalized spacial score (nSPS) is 28.0. The number of imide groups is 1. The molecule has 0 aromatic heterocycles. The molecule has 38 heavy (non-hydrogen) atoms. The number of anilines is 2. The van der Waals surface area contributed by atoms with Crippen molar-refractivity contribution in [2.24, 2.45) is 23.7 Å². The molecule has 1 saturated heterocycles. The van der Waals surface area contributed by atoms with Crippen molar-refractivity contribution in [3.05, 3.63) is 58.6 Å². The lowest BCUT2D eigenvalue weighted by molar-refractivity contribution is -0.137. The second-order valence-electron chi connectivity index (χ2n) is 9.38. The Morgan fingerprint density at radius 1 is 1.00 bits per heavy atom. The molecule has 2 bridgehead atoms. The summed E-state index contributed by atoms with van der Waals surface area (Å²) in [7, 11) is 0. The van der Waals surface area contributed by atoms with Crippen molar-refractivity contribution in [1.82, 2.24) is 0 Å². The van der Waals surface area contributed by atoms with Gasteiger partial charge >= 0.3 is 12.1 Å². The molecule has 3 fully saturated rings. The van der Waals surface area contributed by atoms with E-state index in [1.807, 2.05) is 0 Å². The maximum absolute atomic E-state index is 13.2. The van der Waals surface area contributed by atoms with Crippen LogP contribution in [0.5, 0.6) is 0 Å². The van der Waals surface area contributed by atoms with Crippen LogP contribution in [0.2, 0.25) is 5.02 Å². The molecule has 200 valence electrons. The predicted molar refractivity (Wildman–Crippen MR) is 132 cm³/mol. The van der Waals surface area contributed by atoms with Gasteiger partial charge in [-0.2, -0.15) is 13.2 Å². The molecule has 0 unspecified atom stereocenters. The molecule has 6 atom stereocenters. The van der Waals surface area contributed by atoms with Gasteiger partial charge in [-0.3, -0.25) is 19.3 Å². The number of nitrogens with one attached hydrogen (secondary N) is 1. The fraction of sp³-hybridized carbons (Fsp3) is 0.360. The number of hydrogen-bond donors (Lipinski definition) is 1. The Kier molecular flexibility index (Phi) is 6.86. The molecule has 13 heteroatoms. The molecular formula is C25H18Cl3F3N2O5. The number of nitrogens with zero attached hydrogens (tertiary/aromatic N) is 1. The van der Waals surface area contributed by atoms with Gasteiger partial charge in [0.25, 0.3) is 5.91 Å².